The predicted octanol–water partition coefficient (Wildman–Crippen LogP) is 8.01. The molecule has 1 saturated carbocycles. The second-order valence-electron chi connectivity index (χ2n) is 8.27. The summed E-state index contributed by atoms with van der Waals surface area (Å²) in [7, 11) is 0. The lowest BCUT2D eigenvalue weighted by atomic mass is 9.83. The van der Waals surface area contributed by atoms with E-state index in [-0.39, 0.29) is 0 Å². The second kappa shape index (κ2) is 11.7. The fourth-order valence-corrected chi connectivity index (χ4v) is 4.43. The van der Waals surface area contributed by atoms with Crippen molar-refractivity contribution in [3.63, 3.8) is 0 Å². The zero-order valence-corrected chi connectivity index (χ0v) is 16.3. The molecule has 0 saturated heterocycles. The fourth-order valence-electron chi connectivity index (χ4n) is 4.43. The predicted molar refractivity (Wildman–Crippen MR) is 108 cm³/mol. The van der Waals surface area contributed by atoms with E-state index in [1.807, 2.05) is 0 Å². The zero-order valence-electron chi connectivity index (χ0n) is 16.3. The van der Waals surface area contributed by atoms with Gasteiger partial charge in [-0.25, -0.2) is 0 Å². The van der Waals surface area contributed by atoms with Crippen molar-refractivity contribution in [1.29, 1.82) is 0 Å². The van der Waals surface area contributed by atoms with Crippen molar-refractivity contribution < 1.29 is 0 Å². The first-order valence-corrected chi connectivity index (χ1v) is 10.8. The van der Waals surface area contributed by atoms with Crippen LogP contribution in [-0.4, -0.2) is 0 Å². The Morgan fingerprint density at radius 2 is 1.71 bits per heavy atom. The molecule has 24 heavy (non-hydrogen) atoms. The van der Waals surface area contributed by atoms with Gasteiger partial charge in [0.15, 0.2) is 0 Å². The Kier molecular flexibility index (Phi) is 9.54. The highest BCUT2D eigenvalue weighted by Gasteiger charge is 2.16. The van der Waals surface area contributed by atoms with Gasteiger partial charge in [-0.1, -0.05) is 108 Å². The number of hydrogen-bond acceptors (Lipinski definition) is 0. The van der Waals surface area contributed by atoms with Crippen LogP contribution < -0.4 is 0 Å². The summed E-state index contributed by atoms with van der Waals surface area (Å²) in [4.78, 5) is 0. The average molecular weight is 329 g/mol. The van der Waals surface area contributed by atoms with Gasteiger partial charge in [0.2, 0.25) is 0 Å². The van der Waals surface area contributed by atoms with Gasteiger partial charge in [-0.15, -0.1) is 0 Å². The Labute approximate surface area is 151 Å². The van der Waals surface area contributed by atoms with E-state index in [9.17, 15) is 0 Å². The first-order valence-electron chi connectivity index (χ1n) is 10.8. The number of hydrogen-bond donors (Lipinski definition) is 0. The molecule has 0 amide bonds. The molecular formula is C24H40. The lowest BCUT2D eigenvalue weighted by Gasteiger charge is -2.23. The summed E-state index contributed by atoms with van der Waals surface area (Å²) in [6.07, 6.45) is 30.1. The monoisotopic (exact) mass is 328 g/mol. The first-order chi connectivity index (χ1) is 11.8. The molecule has 2 aliphatic carbocycles. The highest BCUT2D eigenvalue weighted by molar-refractivity contribution is 5.28. The molecule has 2 rings (SSSR count). The minimum Gasteiger partial charge on any atom is -0.0807 e. The van der Waals surface area contributed by atoms with Gasteiger partial charge >= 0.3 is 0 Å². The molecule has 0 aromatic carbocycles. The molecule has 2 aliphatic rings. The smallest absolute Gasteiger partial charge is 0.0163 e. The first kappa shape index (κ1) is 19.5. The van der Waals surface area contributed by atoms with Crippen LogP contribution in [0.25, 0.3) is 0 Å². The lowest BCUT2D eigenvalue weighted by molar-refractivity contribution is 0.306. The highest BCUT2D eigenvalue weighted by atomic mass is 14.2. The van der Waals surface area contributed by atoms with E-state index < -0.39 is 0 Å². The summed E-state index contributed by atoms with van der Waals surface area (Å²) in [5, 5.41) is 0. The Morgan fingerprint density at radius 3 is 2.46 bits per heavy atom. The average Bonchev–Trinajstić information content (AvgIpc) is 2.85. The summed E-state index contributed by atoms with van der Waals surface area (Å²) < 4.78 is 0. The topological polar surface area (TPSA) is 0 Å². The van der Waals surface area contributed by atoms with Crippen molar-refractivity contribution in [3.05, 3.63) is 36.0 Å². The molecule has 2 unspecified atom stereocenters. The van der Waals surface area contributed by atoms with Crippen LogP contribution in [0.2, 0.25) is 0 Å². The maximum Gasteiger partial charge on any atom is -0.0163 e. The van der Waals surface area contributed by atoms with Crippen LogP contribution in [0.1, 0.15) is 97.3 Å². The number of allylic oxidation sites excluding steroid dienone is 6. The van der Waals surface area contributed by atoms with E-state index >= 15 is 0 Å². The third kappa shape index (κ3) is 7.41. The van der Waals surface area contributed by atoms with Gasteiger partial charge in [0.25, 0.3) is 0 Å². The molecule has 0 radical (unpaired) electrons. The lowest BCUT2D eigenvalue weighted by Crippen LogP contribution is -2.09. The molecule has 0 aromatic heterocycles. The molecule has 0 aromatic rings. The third-order valence-corrected chi connectivity index (χ3v) is 6.37. The largest absolute Gasteiger partial charge is 0.0807 e. The highest BCUT2D eigenvalue weighted by Crippen LogP contribution is 2.30. The zero-order chi connectivity index (χ0) is 17.0. The van der Waals surface area contributed by atoms with Crippen molar-refractivity contribution in [1.82, 2.24) is 0 Å². The molecule has 2 atom stereocenters. The van der Waals surface area contributed by atoms with E-state index in [0.29, 0.717) is 5.92 Å². The quantitative estimate of drug-likeness (QED) is 0.423. The SMILES string of the molecule is CCC(CCC1CCCCCCC1)CCC(C)C1=CC=CCC=C1. The summed E-state index contributed by atoms with van der Waals surface area (Å²) in [6.45, 7) is 4.82. The van der Waals surface area contributed by atoms with Crippen LogP contribution in [0.4, 0.5) is 0 Å². The van der Waals surface area contributed by atoms with Crippen molar-refractivity contribution in [2.45, 2.75) is 97.3 Å². The van der Waals surface area contributed by atoms with Crippen molar-refractivity contribution in [2.24, 2.45) is 17.8 Å². The maximum absolute atomic E-state index is 2.41. The Morgan fingerprint density at radius 1 is 0.958 bits per heavy atom. The summed E-state index contributed by atoms with van der Waals surface area (Å²) >= 11 is 0. The van der Waals surface area contributed by atoms with Crippen LogP contribution in [-0.2, 0) is 0 Å². The van der Waals surface area contributed by atoms with Gasteiger partial charge in [0, 0.05) is 0 Å². The Balaban J connectivity index is 1.71. The molecule has 0 N–H and O–H groups in total. The number of rotatable bonds is 8. The van der Waals surface area contributed by atoms with Crippen molar-refractivity contribution in [3.8, 4) is 0 Å². The molecule has 0 heteroatoms. The van der Waals surface area contributed by atoms with Crippen LogP contribution in [0, 0.1) is 17.8 Å². The van der Waals surface area contributed by atoms with Crippen LogP contribution in [0.3, 0.4) is 0 Å². The Hall–Kier alpha value is -0.780. The van der Waals surface area contributed by atoms with Gasteiger partial charge in [-0.2, -0.15) is 0 Å². The van der Waals surface area contributed by atoms with Crippen LogP contribution >= 0.6 is 0 Å². The molecule has 0 heterocycles. The molecule has 0 bridgehead atoms. The van der Waals surface area contributed by atoms with E-state index in [0.717, 1.165) is 18.3 Å². The van der Waals surface area contributed by atoms with Crippen LogP contribution in [0.5, 0.6) is 0 Å². The summed E-state index contributed by atoms with van der Waals surface area (Å²) in [5.41, 5.74) is 1.53. The summed E-state index contributed by atoms with van der Waals surface area (Å²) in [5.74, 6) is 2.69. The molecule has 136 valence electrons. The maximum atomic E-state index is 2.41. The van der Waals surface area contributed by atoms with Gasteiger partial charge in [-0.3, -0.25) is 0 Å². The molecule has 0 spiro atoms. The second-order valence-corrected chi connectivity index (χ2v) is 8.27. The van der Waals surface area contributed by atoms with Crippen molar-refractivity contribution >= 4 is 0 Å². The molecule has 0 nitrogen and oxygen atoms in total. The fraction of sp³-hybridized carbons (Fsp3) is 0.750. The standard InChI is InChI=1S/C24H40/c1-3-22(19-20-23-13-9-5-4-6-10-14-23)18-17-21(2)24-15-11-7-8-12-16-24/h7,11-12,15-16,21-23H,3-6,8-10,13-14,17-20H2,1-2H3. The minimum atomic E-state index is 0.708. The molecule has 1 fully saturated rings. The minimum absolute atomic E-state index is 0.708. The van der Waals surface area contributed by atoms with Gasteiger partial charge in [0.1, 0.15) is 0 Å². The molecule has 0 aliphatic heterocycles. The van der Waals surface area contributed by atoms with Gasteiger partial charge in [-0.05, 0) is 42.6 Å². The van der Waals surface area contributed by atoms with Gasteiger partial charge in [0.05, 0.1) is 0 Å². The van der Waals surface area contributed by atoms with Gasteiger partial charge < -0.3 is 0 Å². The van der Waals surface area contributed by atoms with E-state index in [1.54, 1.807) is 0 Å². The van der Waals surface area contributed by atoms with E-state index in [1.165, 1.54) is 82.6 Å². The Bertz CT molecular complexity index is 404. The normalized spacial score (nSPS) is 22.3. The summed E-state index contributed by atoms with van der Waals surface area (Å²) in [6, 6.07) is 0. The van der Waals surface area contributed by atoms with E-state index in [4.69, 9.17) is 0 Å². The van der Waals surface area contributed by atoms with Crippen LogP contribution in [0.15, 0.2) is 36.0 Å². The third-order valence-electron chi connectivity index (χ3n) is 6.37. The van der Waals surface area contributed by atoms with E-state index in [2.05, 4.69) is 44.2 Å². The molecular weight excluding hydrogens is 288 g/mol. The van der Waals surface area contributed by atoms with Crippen molar-refractivity contribution in [2.75, 3.05) is 0 Å².